The molecule has 6 nitrogen and oxygen atoms in total. The first kappa shape index (κ1) is 21.2. The Hall–Kier alpha value is -3.67. The zero-order valence-electron chi connectivity index (χ0n) is 18.5. The van der Waals surface area contributed by atoms with E-state index in [2.05, 4.69) is 33.1 Å². The second-order valence-electron chi connectivity index (χ2n) is 8.91. The highest BCUT2D eigenvalue weighted by molar-refractivity contribution is 6.04. The summed E-state index contributed by atoms with van der Waals surface area (Å²) in [5.41, 5.74) is 5.63. The number of nitrogens with one attached hydrogen (secondary N) is 3. The molecule has 0 saturated heterocycles. The molecule has 2 aliphatic rings. The lowest BCUT2D eigenvalue weighted by molar-refractivity contribution is -0.120. The Morgan fingerprint density at radius 2 is 1.58 bits per heavy atom. The average Bonchev–Trinajstić information content (AvgIpc) is 3.29. The van der Waals surface area contributed by atoms with Crippen molar-refractivity contribution in [3.63, 3.8) is 0 Å². The molecule has 2 aromatic carbocycles. The minimum Gasteiger partial charge on any atom is -0.378 e. The maximum Gasteiger partial charge on any atom is 0.255 e. The van der Waals surface area contributed by atoms with Gasteiger partial charge >= 0.3 is 0 Å². The standard InChI is InChI=1S/C27H28N4O2/c32-26(19-4-2-1-3-5-19)29-22-8-6-18(7-9-22)25-17-21-16-23(10-11-24(21)31-25)30-27(33)20-12-14-28-15-13-20/h6-16,19,25,31H,1-5,17H2,(H,29,32)(H,30,33). The van der Waals surface area contributed by atoms with Gasteiger partial charge in [-0.25, -0.2) is 0 Å². The van der Waals surface area contributed by atoms with Crippen LogP contribution in [0.25, 0.3) is 0 Å². The monoisotopic (exact) mass is 440 g/mol. The number of hydrogen-bond acceptors (Lipinski definition) is 4. The van der Waals surface area contributed by atoms with Crippen molar-refractivity contribution in [3.8, 4) is 0 Å². The quantitative estimate of drug-likeness (QED) is 0.485. The molecule has 1 aromatic heterocycles. The molecule has 1 saturated carbocycles. The second kappa shape index (κ2) is 9.45. The Kier molecular flexibility index (Phi) is 6.07. The van der Waals surface area contributed by atoms with Crippen LogP contribution in [0.4, 0.5) is 17.1 Å². The number of aromatic nitrogens is 1. The number of hydrogen-bond donors (Lipinski definition) is 3. The van der Waals surface area contributed by atoms with Gasteiger partial charge in [0.2, 0.25) is 5.91 Å². The van der Waals surface area contributed by atoms with Crippen molar-refractivity contribution in [1.82, 2.24) is 4.98 Å². The topological polar surface area (TPSA) is 83.1 Å². The van der Waals surface area contributed by atoms with Crippen molar-refractivity contribution >= 4 is 28.9 Å². The highest BCUT2D eigenvalue weighted by atomic mass is 16.2. The first-order valence-electron chi connectivity index (χ1n) is 11.7. The summed E-state index contributed by atoms with van der Waals surface area (Å²) in [6.07, 6.45) is 9.60. The fourth-order valence-electron chi connectivity index (χ4n) is 4.76. The summed E-state index contributed by atoms with van der Waals surface area (Å²) in [5.74, 6) is 0.151. The SMILES string of the molecule is O=C(Nc1ccc2c(c1)CC(c1ccc(NC(=O)C3CCCCC3)cc1)N2)c1ccncc1. The lowest BCUT2D eigenvalue weighted by atomic mass is 9.88. The van der Waals surface area contributed by atoms with Gasteiger partial charge in [-0.3, -0.25) is 14.6 Å². The number of rotatable bonds is 5. The third-order valence-corrected chi connectivity index (χ3v) is 6.62. The van der Waals surface area contributed by atoms with Crippen LogP contribution in [0.3, 0.4) is 0 Å². The molecule has 1 atom stereocenters. The Morgan fingerprint density at radius 1 is 0.848 bits per heavy atom. The van der Waals surface area contributed by atoms with Gasteiger partial charge in [-0.05, 0) is 72.9 Å². The molecular weight excluding hydrogens is 412 g/mol. The lowest BCUT2D eigenvalue weighted by Crippen LogP contribution is -2.24. The summed E-state index contributed by atoms with van der Waals surface area (Å²) in [7, 11) is 0. The molecule has 5 rings (SSSR count). The van der Waals surface area contributed by atoms with E-state index in [1.165, 1.54) is 17.5 Å². The fraction of sp³-hybridized carbons (Fsp3) is 0.296. The van der Waals surface area contributed by atoms with Crippen LogP contribution in [0.15, 0.2) is 67.0 Å². The van der Waals surface area contributed by atoms with Crippen LogP contribution in [0.1, 0.15) is 59.6 Å². The van der Waals surface area contributed by atoms with E-state index in [1.54, 1.807) is 24.5 Å². The predicted octanol–water partition coefficient (Wildman–Crippen LogP) is 5.56. The largest absolute Gasteiger partial charge is 0.378 e. The van der Waals surface area contributed by atoms with Crippen LogP contribution >= 0.6 is 0 Å². The lowest BCUT2D eigenvalue weighted by Gasteiger charge is -2.21. The van der Waals surface area contributed by atoms with Crippen molar-refractivity contribution < 1.29 is 9.59 Å². The number of anilines is 3. The molecule has 1 fully saturated rings. The normalized spacial score (nSPS) is 17.6. The number of amides is 2. The molecule has 0 spiro atoms. The summed E-state index contributed by atoms with van der Waals surface area (Å²) in [5, 5.41) is 9.61. The van der Waals surface area contributed by atoms with Crippen molar-refractivity contribution in [3.05, 3.63) is 83.7 Å². The number of carbonyl (C=O) groups excluding carboxylic acids is 2. The molecule has 1 unspecified atom stereocenters. The first-order valence-corrected chi connectivity index (χ1v) is 11.7. The van der Waals surface area contributed by atoms with Crippen molar-refractivity contribution in [2.75, 3.05) is 16.0 Å². The van der Waals surface area contributed by atoms with Crippen molar-refractivity contribution in [2.45, 2.75) is 44.6 Å². The zero-order valence-corrected chi connectivity index (χ0v) is 18.5. The molecule has 0 bridgehead atoms. The number of benzene rings is 2. The van der Waals surface area contributed by atoms with Crippen LogP contribution in [0.2, 0.25) is 0 Å². The molecule has 2 heterocycles. The summed E-state index contributed by atoms with van der Waals surface area (Å²) in [4.78, 5) is 28.9. The van der Waals surface area contributed by atoms with E-state index in [1.807, 2.05) is 30.3 Å². The van der Waals surface area contributed by atoms with E-state index in [-0.39, 0.29) is 23.8 Å². The fourth-order valence-corrected chi connectivity index (χ4v) is 4.76. The highest BCUT2D eigenvalue weighted by Crippen LogP contribution is 2.36. The molecule has 3 N–H and O–H groups in total. The van der Waals surface area contributed by atoms with Gasteiger partial charge in [0, 0.05) is 40.9 Å². The number of nitrogens with zero attached hydrogens (tertiary/aromatic N) is 1. The molecule has 3 aromatic rings. The van der Waals surface area contributed by atoms with Crippen LogP contribution < -0.4 is 16.0 Å². The minimum atomic E-state index is -0.147. The predicted molar refractivity (Wildman–Crippen MR) is 130 cm³/mol. The van der Waals surface area contributed by atoms with Crippen LogP contribution in [0, 0.1) is 5.92 Å². The van der Waals surface area contributed by atoms with Crippen molar-refractivity contribution in [1.29, 1.82) is 0 Å². The van der Waals surface area contributed by atoms with Crippen LogP contribution in [-0.2, 0) is 11.2 Å². The van der Waals surface area contributed by atoms with E-state index in [4.69, 9.17) is 0 Å². The summed E-state index contributed by atoms with van der Waals surface area (Å²) in [6, 6.07) is 17.6. The maximum absolute atomic E-state index is 12.5. The van der Waals surface area contributed by atoms with Gasteiger partial charge in [0.25, 0.3) is 5.91 Å². The number of pyridine rings is 1. The summed E-state index contributed by atoms with van der Waals surface area (Å²) < 4.78 is 0. The Bertz CT molecular complexity index is 1140. The third kappa shape index (κ3) is 4.90. The van der Waals surface area contributed by atoms with Crippen molar-refractivity contribution in [2.24, 2.45) is 5.92 Å². The summed E-state index contributed by atoms with van der Waals surface area (Å²) >= 11 is 0. The second-order valence-corrected chi connectivity index (χ2v) is 8.91. The Balaban J connectivity index is 1.21. The third-order valence-electron chi connectivity index (χ3n) is 6.62. The van der Waals surface area contributed by atoms with E-state index in [0.29, 0.717) is 5.56 Å². The van der Waals surface area contributed by atoms with E-state index in [0.717, 1.165) is 49.2 Å². The Labute approximate surface area is 193 Å². The van der Waals surface area contributed by atoms with E-state index >= 15 is 0 Å². The maximum atomic E-state index is 12.5. The van der Waals surface area contributed by atoms with Gasteiger partial charge in [-0.15, -0.1) is 0 Å². The van der Waals surface area contributed by atoms with Gasteiger partial charge in [0.15, 0.2) is 0 Å². The highest BCUT2D eigenvalue weighted by Gasteiger charge is 2.24. The summed E-state index contributed by atoms with van der Waals surface area (Å²) in [6.45, 7) is 0. The first-order chi connectivity index (χ1) is 16.2. The number of fused-ring (bicyclic) bond motifs is 1. The average molecular weight is 441 g/mol. The molecule has 6 heteroatoms. The van der Waals surface area contributed by atoms with E-state index < -0.39 is 0 Å². The number of carbonyl (C=O) groups is 2. The van der Waals surface area contributed by atoms with Gasteiger partial charge in [0.05, 0.1) is 6.04 Å². The van der Waals surface area contributed by atoms with E-state index in [9.17, 15) is 9.59 Å². The van der Waals surface area contributed by atoms with Gasteiger partial charge in [-0.2, -0.15) is 0 Å². The molecule has 168 valence electrons. The van der Waals surface area contributed by atoms with Crippen LogP contribution in [0.5, 0.6) is 0 Å². The molecular formula is C27H28N4O2. The van der Waals surface area contributed by atoms with Gasteiger partial charge < -0.3 is 16.0 Å². The van der Waals surface area contributed by atoms with Crippen LogP contribution in [-0.4, -0.2) is 16.8 Å². The molecule has 0 radical (unpaired) electrons. The van der Waals surface area contributed by atoms with Gasteiger partial charge in [-0.1, -0.05) is 31.4 Å². The molecule has 33 heavy (non-hydrogen) atoms. The Morgan fingerprint density at radius 3 is 2.33 bits per heavy atom. The van der Waals surface area contributed by atoms with Gasteiger partial charge in [0.1, 0.15) is 0 Å². The molecule has 2 amide bonds. The smallest absolute Gasteiger partial charge is 0.255 e. The molecule has 1 aliphatic heterocycles. The minimum absolute atomic E-state index is 0.147. The molecule has 1 aliphatic carbocycles. The zero-order chi connectivity index (χ0) is 22.6.